The molecule has 0 aliphatic heterocycles. The fourth-order valence-electron chi connectivity index (χ4n) is 2.00. The van der Waals surface area contributed by atoms with Gasteiger partial charge in [-0.15, -0.1) is 10.2 Å². The van der Waals surface area contributed by atoms with Gasteiger partial charge in [-0.1, -0.05) is 6.07 Å². The highest BCUT2D eigenvalue weighted by atomic mass is 16.2. The first-order valence-corrected chi connectivity index (χ1v) is 7.62. The molecule has 8 heteroatoms. The molecular weight excluding hydrogens is 294 g/mol. The first-order chi connectivity index (χ1) is 11.1. The zero-order valence-corrected chi connectivity index (χ0v) is 13.8. The number of amides is 1. The third-order valence-corrected chi connectivity index (χ3v) is 3.24. The zero-order valence-electron chi connectivity index (χ0n) is 13.8. The Kier molecular flexibility index (Phi) is 5.90. The van der Waals surface area contributed by atoms with E-state index in [-0.39, 0.29) is 5.91 Å². The van der Waals surface area contributed by atoms with Gasteiger partial charge in [0.25, 0.3) is 0 Å². The van der Waals surface area contributed by atoms with E-state index >= 15 is 0 Å². The van der Waals surface area contributed by atoms with E-state index < -0.39 is 0 Å². The van der Waals surface area contributed by atoms with Gasteiger partial charge in [0.1, 0.15) is 6.54 Å². The molecule has 0 saturated heterocycles. The molecule has 23 heavy (non-hydrogen) atoms. The van der Waals surface area contributed by atoms with Crippen molar-refractivity contribution in [3.8, 4) is 0 Å². The number of nitrogens with zero attached hydrogens (tertiary/aromatic N) is 5. The van der Waals surface area contributed by atoms with Gasteiger partial charge >= 0.3 is 0 Å². The molecule has 0 aromatic carbocycles. The van der Waals surface area contributed by atoms with Crippen LogP contribution in [0.1, 0.15) is 19.2 Å². The average molecular weight is 317 g/mol. The van der Waals surface area contributed by atoms with Crippen LogP contribution in [0.5, 0.6) is 0 Å². The van der Waals surface area contributed by atoms with E-state index in [4.69, 9.17) is 0 Å². The van der Waals surface area contributed by atoms with E-state index in [9.17, 15) is 4.79 Å². The predicted molar refractivity (Wildman–Crippen MR) is 89.1 cm³/mol. The number of pyridine rings is 1. The largest absolute Gasteiger partial charge is 0.357 e. The second-order valence-electron chi connectivity index (χ2n) is 5.21. The molecule has 0 aliphatic carbocycles. The van der Waals surface area contributed by atoms with Crippen LogP contribution < -0.4 is 10.6 Å². The van der Waals surface area contributed by atoms with Crippen LogP contribution >= 0.6 is 0 Å². The van der Waals surface area contributed by atoms with E-state index in [0.29, 0.717) is 25.5 Å². The van der Waals surface area contributed by atoms with Crippen molar-refractivity contribution in [2.45, 2.75) is 19.9 Å². The maximum Gasteiger partial charge on any atom is 0.223 e. The molecule has 0 unspecified atom stereocenters. The zero-order chi connectivity index (χ0) is 16.7. The van der Waals surface area contributed by atoms with Crippen LogP contribution in [0.4, 0.5) is 0 Å². The van der Waals surface area contributed by atoms with Crippen LogP contribution in [0.2, 0.25) is 0 Å². The highest BCUT2D eigenvalue weighted by molar-refractivity contribution is 5.81. The predicted octanol–water partition coefficient (Wildman–Crippen LogP) is 0.263. The summed E-state index contributed by atoms with van der Waals surface area (Å²) in [5, 5.41) is 14.6. The van der Waals surface area contributed by atoms with E-state index in [1.807, 2.05) is 35.7 Å². The highest BCUT2D eigenvalue weighted by Gasteiger charge is 2.06. The van der Waals surface area contributed by atoms with Crippen molar-refractivity contribution in [2.24, 2.45) is 4.99 Å². The van der Waals surface area contributed by atoms with Crippen LogP contribution in [0.3, 0.4) is 0 Å². The molecule has 2 heterocycles. The van der Waals surface area contributed by atoms with E-state index in [1.54, 1.807) is 19.0 Å². The SMILES string of the molecule is CCNC(=NCc1nnc2ccccn12)NCCC(=O)N(C)C. The van der Waals surface area contributed by atoms with Crippen LogP contribution in [0.25, 0.3) is 5.65 Å². The van der Waals surface area contributed by atoms with Gasteiger partial charge in [0, 0.05) is 39.8 Å². The Morgan fingerprint density at radius 1 is 1.30 bits per heavy atom. The van der Waals surface area contributed by atoms with Gasteiger partial charge in [-0.25, -0.2) is 4.99 Å². The Morgan fingerprint density at radius 3 is 2.87 bits per heavy atom. The maximum atomic E-state index is 11.6. The molecule has 2 aromatic rings. The number of fused-ring (bicyclic) bond motifs is 1. The maximum absolute atomic E-state index is 11.6. The molecular formula is C15H23N7O. The number of aliphatic imine (C=N–C) groups is 1. The van der Waals surface area contributed by atoms with E-state index in [0.717, 1.165) is 18.0 Å². The summed E-state index contributed by atoms with van der Waals surface area (Å²) in [5.41, 5.74) is 0.798. The Hall–Kier alpha value is -2.64. The standard InChI is InChI=1S/C15H23N7O/c1-4-16-15(17-9-8-14(23)21(2)3)18-11-13-20-19-12-7-5-6-10-22(12)13/h5-7,10H,4,8-9,11H2,1-3H3,(H2,16,17,18). The minimum absolute atomic E-state index is 0.0804. The van der Waals surface area contributed by atoms with E-state index in [1.165, 1.54) is 0 Å². The van der Waals surface area contributed by atoms with Gasteiger partial charge in [0.05, 0.1) is 0 Å². The summed E-state index contributed by atoms with van der Waals surface area (Å²) in [6.07, 6.45) is 2.33. The van der Waals surface area contributed by atoms with Gasteiger partial charge < -0.3 is 15.5 Å². The summed E-state index contributed by atoms with van der Waals surface area (Å²) in [7, 11) is 3.50. The summed E-state index contributed by atoms with van der Waals surface area (Å²) >= 11 is 0. The van der Waals surface area contributed by atoms with Crippen molar-refractivity contribution in [3.05, 3.63) is 30.2 Å². The molecule has 0 spiro atoms. The van der Waals surface area contributed by atoms with Gasteiger partial charge in [0.15, 0.2) is 17.4 Å². The van der Waals surface area contributed by atoms with Gasteiger partial charge in [-0.3, -0.25) is 9.20 Å². The fraction of sp³-hybridized carbons (Fsp3) is 0.467. The molecule has 0 radical (unpaired) electrons. The summed E-state index contributed by atoms with van der Waals surface area (Å²) in [6.45, 7) is 3.67. The molecule has 0 saturated carbocycles. The number of hydrogen-bond donors (Lipinski definition) is 2. The van der Waals surface area contributed by atoms with Crippen molar-refractivity contribution in [2.75, 3.05) is 27.2 Å². The lowest BCUT2D eigenvalue weighted by Gasteiger charge is -2.13. The first-order valence-electron chi connectivity index (χ1n) is 7.62. The molecule has 2 rings (SSSR count). The second kappa shape index (κ2) is 8.11. The number of guanidine groups is 1. The van der Waals surface area contributed by atoms with Gasteiger partial charge in [-0.05, 0) is 19.1 Å². The molecule has 1 amide bonds. The second-order valence-corrected chi connectivity index (χ2v) is 5.21. The number of carbonyl (C=O) groups excluding carboxylic acids is 1. The minimum Gasteiger partial charge on any atom is -0.357 e. The van der Waals surface area contributed by atoms with Gasteiger partial charge in [0.2, 0.25) is 5.91 Å². The summed E-state index contributed by atoms with van der Waals surface area (Å²) in [5.74, 6) is 1.51. The Morgan fingerprint density at radius 2 is 2.13 bits per heavy atom. The first kappa shape index (κ1) is 16.7. The van der Waals surface area contributed by atoms with Gasteiger partial charge in [-0.2, -0.15) is 0 Å². The number of nitrogens with one attached hydrogen (secondary N) is 2. The van der Waals surface area contributed by atoms with Crippen LogP contribution in [-0.2, 0) is 11.3 Å². The fourth-order valence-corrected chi connectivity index (χ4v) is 2.00. The van der Waals surface area contributed by atoms with Crippen molar-refractivity contribution in [1.82, 2.24) is 30.1 Å². The van der Waals surface area contributed by atoms with E-state index in [2.05, 4.69) is 25.8 Å². The molecule has 0 aliphatic rings. The summed E-state index contributed by atoms with van der Waals surface area (Å²) < 4.78 is 1.91. The lowest BCUT2D eigenvalue weighted by Crippen LogP contribution is -2.39. The average Bonchev–Trinajstić information content (AvgIpc) is 2.95. The molecule has 2 aromatic heterocycles. The molecule has 0 fully saturated rings. The normalized spacial score (nSPS) is 11.5. The Bertz CT molecular complexity index is 677. The number of rotatable bonds is 6. The molecule has 0 atom stereocenters. The molecule has 124 valence electrons. The lowest BCUT2D eigenvalue weighted by molar-refractivity contribution is -0.128. The minimum atomic E-state index is 0.0804. The topological polar surface area (TPSA) is 86.9 Å². The third-order valence-electron chi connectivity index (χ3n) is 3.24. The Labute approximate surface area is 135 Å². The monoisotopic (exact) mass is 317 g/mol. The van der Waals surface area contributed by atoms with Crippen molar-refractivity contribution < 1.29 is 4.79 Å². The van der Waals surface area contributed by atoms with Crippen molar-refractivity contribution in [3.63, 3.8) is 0 Å². The van der Waals surface area contributed by atoms with Crippen molar-refractivity contribution >= 4 is 17.5 Å². The highest BCUT2D eigenvalue weighted by Crippen LogP contribution is 2.03. The molecule has 8 nitrogen and oxygen atoms in total. The van der Waals surface area contributed by atoms with Crippen LogP contribution in [-0.4, -0.2) is 58.5 Å². The molecule has 0 bridgehead atoms. The van der Waals surface area contributed by atoms with Crippen LogP contribution in [0.15, 0.2) is 29.4 Å². The lowest BCUT2D eigenvalue weighted by atomic mass is 10.4. The number of aromatic nitrogens is 3. The smallest absolute Gasteiger partial charge is 0.223 e. The molecule has 2 N–H and O–H groups in total. The number of carbonyl (C=O) groups is 1. The number of hydrogen-bond acceptors (Lipinski definition) is 4. The summed E-state index contributed by atoms with van der Waals surface area (Å²) in [6, 6.07) is 5.75. The van der Waals surface area contributed by atoms with Crippen molar-refractivity contribution in [1.29, 1.82) is 0 Å². The van der Waals surface area contributed by atoms with Crippen LogP contribution in [0, 0.1) is 0 Å². The quantitative estimate of drug-likeness (QED) is 0.590. The summed E-state index contributed by atoms with van der Waals surface area (Å²) in [4.78, 5) is 17.6. The Balaban J connectivity index is 1.97. The third kappa shape index (κ3) is 4.67.